The maximum atomic E-state index is 13.8. The summed E-state index contributed by atoms with van der Waals surface area (Å²) in [5.41, 5.74) is 16.9. The molecule has 0 unspecified atom stereocenters. The molecule has 0 nitrogen and oxygen atoms in total. The van der Waals surface area contributed by atoms with Crippen molar-refractivity contribution < 1.29 is 4.39 Å². The molecule has 0 aliphatic carbocycles. The van der Waals surface area contributed by atoms with E-state index in [1.54, 1.807) is 6.07 Å². The summed E-state index contributed by atoms with van der Waals surface area (Å²) in [6, 6.07) is 37.8. The van der Waals surface area contributed by atoms with Gasteiger partial charge in [0, 0.05) is 38.9 Å². The molecule has 0 aromatic heterocycles. The molecule has 0 N–H and O–H groups in total. The van der Waals surface area contributed by atoms with Crippen LogP contribution in [0.25, 0.3) is 0 Å². The zero-order valence-corrected chi connectivity index (χ0v) is 31.8. The molecule has 6 aromatic rings. The largest absolute Gasteiger partial charge is 0.206 e. The summed E-state index contributed by atoms with van der Waals surface area (Å²) in [7, 11) is 0. The number of hydrogen-bond donors (Lipinski definition) is 0. The Morgan fingerprint density at radius 2 is 0.604 bits per heavy atom. The fraction of sp³-hybridized carbons (Fsp3) is 0.154. The van der Waals surface area contributed by atoms with Gasteiger partial charge in [-0.3, -0.25) is 0 Å². The summed E-state index contributed by atoms with van der Waals surface area (Å²) in [4.78, 5) is 0. The molecule has 0 radical (unpaired) electrons. The van der Waals surface area contributed by atoms with Gasteiger partial charge in [-0.1, -0.05) is 107 Å². The summed E-state index contributed by atoms with van der Waals surface area (Å²) in [6.45, 7) is 16.6. The topological polar surface area (TPSA) is 0 Å². The highest BCUT2D eigenvalue weighted by molar-refractivity contribution is 5.54. The van der Waals surface area contributed by atoms with E-state index in [-0.39, 0.29) is 5.82 Å². The Balaban J connectivity index is 0.000000204. The minimum atomic E-state index is -0.283. The van der Waals surface area contributed by atoms with E-state index in [9.17, 15) is 4.39 Å². The molecular weight excluding hydrogens is 644 g/mol. The van der Waals surface area contributed by atoms with E-state index in [0.717, 1.165) is 44.5 Å². The second-order valence-corrected chi connectivity index (χ2v) is 13.6. The molecule has 0 saturated heterocycles. The molecule has 0 heterocycles. The number of halogens is 1. The maximum absolute atomic E-state index is 13.8. The maximum Gasteiger partial charge on any atom is 0.139 e. The molecule has 6 rings (SSSR count). The number of benzene rings is 6. The van der Waals surface area contributed by atoms with Crippen LogP contribution in [0.3, 0.4) is 0 Å². The quantitative estimate of drug-likeness (QED) is 0.140. The van der Waals surface area contributed by atoms with Crippen molar-refractivity contribution in [1.29, 1.82) is 0 Å². The third-order valence-corrected chi connectivity index (χ3v) is 8.66. The van der Waals surface area contributed by atoms with Crippen LogP contribution in [0.5, 0.6) is 0 Å². The Kier molecular flexibility index (Phi) is 12.5. The lowest BCUT2D eigenvalue weighted by Gasteiger charge is -2.04. The fourth-order valence-corrected chi connectivity index (χ4v) is 5.94. The van der Waals surface area contributed by atoms with Gasteiger partial charge in [0.15, 0.2) is 0 Å². The van der Waals surface area contributed by atoms with Crippen LogP contribution in [0.15, 0.2) is 115 Å². The first kappa shape index (κ1) is 37.7. The minimum Gasteiger partial charge on any atom is -0.206 e. The third-order valence-electron chi connectivity index (χ3n) is 8.66. The van der Waals surface area contributed by atoms with Gasteiger partial charge < -0.3 is 0 Å². The summed E-state index contributed by atoms with van der Waals surface area (Å²) in [5, 5.41) is 0. The molecule has 0 aliphatic heterocycles. The lowest BCUT2D eigenvalue weighted by Crippen LogP contribution is -1.89. The highest BCUT2D eigenvalue weighted by Gasteiger charge is 2.02. The molecule has 0 amide bonds. The Hall–Kier alpha value is -6.51. The Morgan fingerprint density at radius 3 is 0.962 bits per heavy atom. The number of hydrogen-bond acceptors (Lipinski definition) is 0. The van der Waals surface area contributed by atoms with Gasteiger partial charge in [-0.05, 0) is 156 Å². The Labute approximate surface area is 316 Å². The van der Waals surface area contributed by atoms with Crippen molar-refractivity contribution in [3.63, 3.8) is 0 Å². The minimum absolute atomic E-state index is 0.283. The first-order chi connectivity index (χ1) is 25.4. The van der Waals surface area contributed by atoms with Crippen molar-refractivity contribution in [3.8, 4) is 47.4 Å². The Morgan fingerprint density at radius 1 is 0.302 bits per heavy atom. The molecule has 0 atom stereocenters. The van der Waals surface area contributed by atoms with Gasteiger partial charge in [0.1, 0.15) is 5.82 Å². The Bertz CT molecular complexity index is 2470. The molecule has 6 aromatic carbocycles. The predicted molar refractivity (Wildman–Crippen MR) is 220 cm³/mol. The summed E-state index contributed by atoms with van der Waals surface area (Å²) < 4.78 is 13.8. The summed E-state index contributed by atoms with van der Waals surface area (Å²) >= 11 is 0. The second kappa shape index (κ2) is 17.6. The van der Waals surface area contributed by atoms with E-state index >= 15 is 0 Å². The SMILES string of the molecule is Cc1cc(C)c(C#Cc2ccc(C#Cc3ccc(C)cc3F)cc2)c(C)c1.Cc1ccc(C#Cc2ccc(C#Cc3c(C)cc(C)cc3C)cc2)cc1. The molecule has 0 saturated carbocycles. The highest BCUT2D eigenvalue weighted by atomic mass is 19.1. The predicted octanol–water partition coefficient (Wildman–Crippen LogP) is 11.6. The van der Waals surface area contributed by atoms with Crippen molar-refractivity contribution in [1.82, 2.24) is 0 Å². The second-order valence-electron chi connectivity index (χ2n) is 13.6. The monoisotopic (exact) mass is 686 g/mol. The normalized spacial score (nSPS) is 9.75. The van der Waals surface area contributed by atoms with E-state index in [1.807, 2.05) is 61.5 Å². The lowest BCUT2D eigenvalue weighted by atomic mass is 10.00. The van der Waals surface area contributed by atoms with Gasteiger partial charge in [0.2, 0.25) is 0 Å². The summed E-state index contributed by atoms with van der Waals surface area (Å²) in [6.07, 6.45) is 0. The van der Waals surface area contributed by atoms with E-state index < -0.39 is 0 Å². The van der Waals surface area contributed by atoms with Crippen LogP contribution in [0.2, 0.25) is 0 Å². The fourth-order valence-electron chi connectivity index (χ4n) is 5.94. The van der Waals surface area contributed by atoms with E-state index in [0.29, 0.717) is 5.56 Å². The molecule has 1 heteroatoms. The van der Waals surface area contributed by atoms with Gasteiger partial charge in [-0.15, -0.1) is 0 Å². The smallest absolute Gasteiger partial charge is 0.139 e. The molecule has 0 aliphatic rings. The number of rotatable bonds is 0. The molecule has 0 fully saturated rings. The average molecular weight is 687 g/mol. The van der Waals surface area contributed by atoms with Crippen LogP contribution in [0.1, 0.15) is 89.0 Å². The molecule has 0 bridgehead atoms. The van der Waals surface area contributed by atoms with Crippen LogP contribution < -0.4 is 0 Å². The van der Waals surface area contributed by atoms with Crippen LogP contribution in [0, 0.1) is 109 Å². The third kappa shape index (κ3) is 11.0. The molecular formula is C52H43F. The number of aryl methyl sites for hydroxylation is 8. The summed E-state index contributed by atoms with van der Waals surface area (Å²) in [5.74, 6) is 25.1. The zero-order chi connectivity index (χ0) is 37.9. The standard InChI is InChI=1S/C26H21F.C26H22/c1-18-5-12-24(26(27)17-18)13-10-22-6-8-23(9-7-22)11-14-25-20(3)15-19(2)16-21(25)4;1-19-5-7-23(8-6-19)9-10-24-11-13-25(14-12-24)15-16-26-21(3)17-20(2)18-22(26)4/h5-9,12,15-17H,1-4H3;5-8,11-14,17-18H,1-4H3. The van der Waals surface area contributed by atoms with Crippen LogP contribution in [-0.4, -0.2) is 0 Å². The van der Waals surface area contributed by atoms with E-state index in [2.05, 4.69) is 144 Å². The van der Waals surface area contributed by atoms with Crippen molar-refractivity contribution in [2.24, 2.45) is 0 Å². The van der Waals surface area contributed by atoms with E-state index in [1.165, 1.54) is 45.0 Å². The molecule has 0 spiro atoms. The van der Waals surface area contributed by atoms with Gasteiger partial charge in [0.05, 0.1) is 5.56 Å². The van der Waals surface area contributed by atoms with Gasteiger partial charge in [0.25, 0.3) is 0 Å². The van der Waals surface area contributed by atoms with Crippen LogP contribution in [-0.2, 0) is 0 Å². The van der Waals surface area contributed by atoms with Crippen molar-refractivity contribution in [2.75, 3.05) is 0 Å². The van der Waals surface area contributed by atoms with Gasteiger partial charge in [-0.25, -0.2) is 4.39 Å². The van der Waals surface area contributed by atoms with Crippen LogP contribution in [0.4, 0.5) is 4.39 Å². The van der Waals surface area contributed by atoms with E-state index in [4.69, 9.17) is 0 Å². The van der Waals surface area contributed by atoms with Gasteiger partial charge >= 0.3 is 0 Å². The highest BCUT2D eigenvalue weighted by Crippen LogP contribution is 2.17. The molecule has 53 heavy (non-hydrogen) atoms. The van der Waals surface area contributed by atoms with Crippen molar-refractivity contribution >= 4 is 0 Å². The first-order valence-corrected chi connectivity index (χ1v) is 17.7. The van der Waals surface area contributed by atoms with Crippen molar-refractivity contribution in [2.45, 2.75) is 55.4 Å². The molecule has 258 valence electrons. The van der Waals surface area contributed by atoms with Crippen LogP contribution >= 0.6 is 0 Å². The lowest BCUT2D eigenvalue weighted by molar-refractivity contribution is 0.623. The van der Waals surface area contributed by atoms with Crippen molar-refractivity contribution in [3.05, 3.63) is 210 Å². The average Bonchev–Trinajstić information content (AvgIpc) is 3.11. The van der Waals surface area contributed by atoms with Gasteiger partial charge in [-0.2, -0.15) is 0 Å². The first-order valence-electron chi connectivity index (χ1n) is 17.7. The zero-order valence-electron chi connectivity index (χ0n) is 31.8.